The second kappa shape index (κ2) is 8.54. The Labute approximate surface area is 141 Å². The summed E-state index contributed by atoms with van der Waals surface area (Å²) < 4.78 is 15.9. The molecule has 0 spiro atoms. The van der Waals surface area contributed by atoms with Crippen molar-refractivity contribution in [2.45, 2.75) is 25.9 Å². The molecule has 1 aliphatic heterocycles. The molecule has 0 aromatic heterocycles. The lowest BCUT2D eigenvalue weighted by atomic mass is 10.2. The van der Waals surface area contributed by atoms with Gasteiger partial charge in [-0.05, 0) is 25.0 Å². The lowest BCUT2D eigenvalue weighted by Gasteiger charge is -2.24. The predicted octanol–water partition coefficient (Wildman–Crippen LogP) is 1.35. The van der Waals surface area contributed by atoms with Crippen LogP contribution in [0.2, 0.25) is 0 Å². The number of carbonyl (C=O) groups is 2. The van der Waals surface area contributed by atoms with E-state index in [2.05, 4.69) is 5.32 Å². The van der Waals surface area contributed by atoms with Gasteiger partial charge in [0, 0.05) is 32.7 Å². The molecule has 1 heterocycles. The summed E-state index contributed by atoms with van der Waals surface area (Å²) in [6.45, 7) is 2.79. The number of amides is 2. The average molecular weight is 336 g/mol. The summed E-state index contributed by atoms with van der Waals surface area (Å²) in [4.78, 5) is 25.5. The number of benzene rings is 1. The Morgan fingerprint density at radius 2 is 2.12 bits per heavy atom. The minimum atomic E-state index is -0.369. The predicted molar refractivity (Wildman–Crippen MR) is 89.6 cm³/mol. The van der Waals surface area contributed by atoms with Gasteiger partial charge in [-0.2, -0.15) is 0 Å². The standard InChI is InChI=1S/C17H24N2O5/c1-12(20)19(9-8-18-17(21)15-5-4-10-24-15)14-7-6-13(22-2)11-16(14)23-3/h6-7,11,15H,4-5,8-10H2,1-3H3,(H,18,21). The number of anilines is 1. The lowest BCUT2D eigenvalue weighted by molar-refractivity contribution is -0.130. The highest BCUT2D eigenvalue weighted by atomic mass is 16.5. The van der Waals surface area contributed by atoms with Crippen LogP contribution in [0.3, 0.4) is 0 Å². The van der Waals surface area contributed by atoms with E-state index in [1.54, 1.807) is 30.2 Å². The maximum Gasteiger partial charge on any atom is 0.249 e. The maximum absolute atomic E-state index is 12.0. The highest BCUT2D eigenvalue weighted by molar-refractivity contribution is 5.93. The van der Waals surface area contributed by atoms with Crippen molar-refractivity contribution in [3.63, 3.8) is 0 Å². The number of ether oxygens (including phenoxy) is 3. The first-order valence-electron chi connectivity index (χ1n) is 7.96. The van der Waals surface area contributed by atoms with Gasteiger partial charge >= 0.3 is 0 Å². The molecule has 0 radical (unpaired) electrons. The van der Waals surface area contributed by atoms with Gasteiger partial charge in [-0.15, -0.1) is 0 Å². The molecule has 1 aromatic rings. The Morgan fingerprint density at radius 3 is 2.71 bits per heavy atom. The molecule has 0 bridgehead atoms. The van der Waals surface area contributed by atoms with E-state index in [9.17, 15) is 9.59 Å². The van der Waals surface area contributed by atoms with Crippen LogP contribution in [0, 0.1) is 0 Å². The summed E-state index contributed by atoms with van der Waals surface area (Å²) in [6, 6.07) is 5.25. The zero-order chi connectivity index (χ0) is 17.5. The van der Waals surface area contributed by atoms with E-state index in [1.165, 1.54) is 14.0 Å². The van der Waals surface area contributed by atoms with Crippen molar-refractivity contribution in [1.29, 1.82) is 0 Å². The Bertz CT molecular complexity index is 584. The van der Waals surface area contributed by atoms with Gasteiger partial charge in [0.2, 0.25) is 11.8 Å². The molecule has 0 saturated carbocycles. The van der Waals surface area contributed by atoms with Gasteiger partial charge in [-0.1, -0.05) is 0 Å². The van der Waals surface area contributed by atoms with Gasteiger partial charge in [0.25, 0.3) is 0 Å². The number of carbonyl (C=O) groups excluding carboxylic acids is 2. The fourth-order valence-electron chi connectivity index (χ4n) is 2.64. The fraction of sp³-hybridized carbons (Fsp3) is 0.529. The molecule has 7 heteroatoms. The molecule has 1 atom stereocenters. The lowest BCUT2D eigenvalue weighted by Crippen LogP contribution is -2.41. The summed E-state index contributed by atoms with van der Waals surface area (Å²) in [5, 5.41) is 2.82. The Hall–Kier alpha value is -2.28. The Kier molecular flexibility index (Phi) is 6.43. The first-order chi connectivity index (χ1) is 11.6. The maximum atomic E-state index is 12.0. The highest BCUT2D eigenvalue weighted by Gasteiger charge is 2.23. The second-order valence-corrected chi connectivity index (χ2v) is 5.50. The van der Waals surface area contributed by atoms with E-state index in [-0.39, 0.29) is 17.9 Å². The van der Waals surface area contributed by atoms with Crippen LogP contribution in [0.5, 0.6) is 11.5 Å². The van der Waals surface area contributed by atoms with E-state index < -0.39 is 0 Å². The molecular weight excluding hydrogens is 312 g/mol. The summed E-state index contributed by atoms with van der Waals surface area (Å²) >= 11 is 0. The third-order valence-corrected chi connectivity index (χ3v) is 3.91. The molecule has 2 amide bonds. The normalized spacial score (nSPS) is 16.5. The number of methoxy groups -OCH3 is 2. The van der Waals surface area contributed by atoms with Crippen molar-refractivity contribution < 1.29 is 23.8 Å². The van der Waals surface area contributed by atoms with E-state index >= 15 is 0 Å². The average Bonchev–Trinajstić information content (AvgIpc) is 3.12. The largest absolute Gasteiger partial charge is 0.497 e. The topological polar surface area (TPSA) is 77.1 Å². The molecule has 1 unspecified atom stereocenters. The zero-order valence-corrected chi connectivity index (χ0v) is 14.3. The van der Waals surface area contributed by atoms with E-state index in [0.29, 0.717) is 36.9 Å². The summed E-state index contributed by atoms with van der Waals surface area (Å²) in [5.41, 5.74) is 0.636. The monoisotopic (exact) mass is 336 g/mol. The molecule has 132 valence electrons. The summed E-state index contributed by atoms with van der Waals surface area (Å²) in [7, 11) is 3.10. The third-order valence-electron chi connectivity index (χ3n) is 3.91. The van der Waals surface area contributed by atoms with Crippen LogP contribution < -0.4 is 19.7 Å². The van der Waals surface area contributed by atoms with Crippen LogP contribution in [0.15, 0.2) is 18.2 Å². The van der Waals surface area contributed by atoms with Gasteiger partial charge in [0.15, 0.2) is 0 Å². The molecule has 1 fully saturated rings. The van der Waals surface area contributed by atoms with E-state index in [1.807, 2.05) is 0 Å². The highest BCUT2D eigenvalue weighted by Crippen LogP contribution is 2.32. The smallest absolute Gasteiger partial charge is 0.249 e. The summed E-state index contributed by atoms with van der Waals surface area (Å²) in [6.07, 6.45) is 1.28. The SMILES string of the molecule is COc1ccc(N(CCNC(=O)C2CCCO2)C(C)=O)c(OC)c1. The Balaban J connectivity index is 2.01. The van der Waals surface area contributed by atoms with Crippen molar-refractivity contribution in [1.82, 2.24) is 5.32 Å². The van der Waals surface area contributed by atoms with Crippen molar-refractivity contribution in [2.75, 3.05) is 38.8 Å². The van der Waals surface area contributed by atoms with Gasteiger partial charge in [-0.25, -0.2) is 0 Å². The first-order valence-corrected chi connectivity index (χ1v) is 7.96. The second-order valence-electron chi connectivity index (χ2n) is 5.50. The molecule has 1 aliphatic rings. The van der Waals surface area contributed by atoms with Crippen molar-refractivity contribution >= 4 is 17.5 Å². The number of hydrogen-bond donors (Lipinski definition) is 1. The third kappa shape index (κ3) is 4.38. The zero-order valence-electron chi connectivity index (χ0n) is 14.3. The fourth-order valence-corrected chi connectivity index (χ4v) is 2.64. The number of rotatable bonds is 7. The van der Waals surface area contributed by atoms with Crippen LogP contribution in [0.4, 0.5) is 5.69 Å². The van der Waals surface area contributed by atoms with Gasteiger partial charge < -0.3 is 24.4 Å². The molecular formula is C17H24N2O5. The molecule has 1 saturated heterocycles. The van der Waals surface area contributed by atoms with Crippen LogP contribution in [-0.2, 0) is 14.3 Å². The molecule has 0 aliphatic carbocycles. The number of hydrogen-bond acceptors (Lipinski definition) is 5. The minimum Gasteiger partial charge on any atom is -0.497 e. The van der Waals surface area contributed by atoms with E-state index in [4.69, 9.17) is 14.2 Å². The first kappa shape index (κ1) is 18.1. The molecule has 1 N–H and O–H groups in total. The van der Waals surface area contributed by atoms with Crippen LogP contribution >= 0.6 is 0 Å². The summed E-state index contributed by atoms with van der Waals surface area (Å²) in [5.74, 6) is 0.920. The van der Waals surface area contributed by atoms with Crippen molar-refractivity contribution in [3.05, 3.63) is 18.2 Å². The minimum absolute atomic E-state index is 0.127. The van der Waals surface area contributed by atoms with Crippen LogP contribution in [0.25, 0.3) is 0 Å². The quantitative estimate of drug-likeness (QED) is 0.813. The van der Waals surface area contributed by atoms with Crippen LogP contribution in [0.1, 0.15) is 19.8 Å². The number of nitrogens with one attached hydrogen (secondary N) is 1. The van der Waals surface area contributed by atoms with Gasteiger partial charge in [0.1, 0.15) is 17.6 Å². The Morgan fingerprint density at radius 1 is 1.33 bits per heavy atom. The van der Waals surface area contributed by atoms with Gasteiger partial charge in [-0.3, -0.25) is 9.59 Å². The van der Waals surface area contributed by atoms with Crippen molar-refractivity contribution in [2.24, 2.45) is 0 Å². The molecule has 1 aromatic carbocycles. The number of nitrogens with zero attached hydrogens (tertiary/aromatic N) is 1. The molecule has 7 nitrogen and oxygen atoms in total. The van der Waals surface area contributed by atoms with E-state index in [0.717, 1.165) is 12.8 Å². The van der Waals surface area contributed by atoms with Crippen molar-refractivity contribution in [3.8, 4) is 11.5 Å². The van der Waals surface area contributed by atoms with Gasteiger partial charge in [0.05, 0.1) is 19.9 Å². The molecule has 24 heavy (non-hydrogen) atoms. The van der Waals surface area contributed by atoms with Crippen LogP contribution in [-0.4, -0.2) is 51.8 Å². The molecule has 2 rings (SSSR count).